The summed E-state index contributed by atoms with van der Waals surface area (Å²) in [6.45, 7) is 4.80. The zero-order valence-corrected chi connectivity index (χ0v) is 10.7. The summed E-state index contributed by atoms with van der Waals surface area (Å²) in [4.78, 5) is 2.06. The monoisotopic (exact) mass is 254 g/mol. The van der Waals surface area contributed by atoms with Gasteiger partial charge in [0.1, 0.15) is 5.82 Å². The number of aryl methyl sites for hydroxylation is 1. The number of nitrogen functional groups attached to an aromatic ring is 1. The second kappa shape index (κ2) is 5.12. The highest BCUT2D eigenvalue weighted by molar-refractivity contribution is 5.69. The van der Waals surface area contributed by atoms with Crippen LogP contribution in [-0.4, -0.2) is 37.0 Å². The second-order valence-corrected chi connectivity index (χ2v) is 4.80. The SMILES string of the molecule is Cc1cc(N2CC(CO)OCC2C)c(N)cc1F. The van der Waals surface area contributed by atoms with Crippen LogP contribution in [0, 0.1) is 12.7 Å². The van der Waals surface area contributed by atoms with Crippen molar-refractivity contribution in [3.63, 3.8) is 0 Å². The maximum atomic E-state index is 13.4. The van der Waals surface area contributed by atoms with Crippen molar-refractivity contribution in [3.8, 4) is 0 Å². The van der Waals surface area contributed by atoms with Crippen molar-refractivity contribution in [3.05, 3.63) is 23.5 Å². The minimum Gasteiger partial charge on any atom is -0.397 e. The lowest BCUT2D eigenvalue weighted by molar-refractivity contribution is -0.0102. The van der Waals surface area contributed by atoms with Gasteiger partial charge in [0.05, 0.1) is 30.7 Å². The predicted molar refractivity (Wildman–Crippen MR) is 69.2 cm³/mol. The molecule has 1 saturated heterocycles. The van der Waals surface area contributed by atoms with Gasteiger partial charge in [0.15, 0.2) is 0 Å². The number of hydrogen-bond donors (Lipinski definition) is 2. The molecule has 0 saturated carbocycles. The molecule has 3 N–H and O–H groups in total. The van der Waals surface area contributed by atoms with Gasteiger partial charge in [-0.15, -0.1) is 0 Å². The Morgan fingerprint density at radius 2 is 2.28 bits per heavy atom. The summed E-state index contributed by atoms with van der Waals surface area (Å²) < 4.78 is 18.9. The van der Waals surface area contributed by atoms with Crippen molar-refractivity contribution in [2.45, 2.75) is 26.0 Å². The van der Waals surface area contributed by atoms with Gasteiger partial charge in [-0.3, -0.25) is 0 Å². The molecule has 0 amide bonds. The molecule has 1 aromatic rings. The van der Waals surface area contributed by atoms with Gasteiger partial charge in [-0.1, -0.05) is 0 Å². The van der Waals surface area contributed by atoms with E-state index in [-0.39, 0.29) is 24.6 Å². The fourth-order valence-corrected chi connectivity index (χ4v) is 2.19. The molecule has 0 bridgehead atoms. The summed E-state index contributed by atoms with van der Waals surface area (Å²) in [5, 5.41) is 9.17. The lowest BCUT2D eigenvalue weighted by Gasteiger charge is -2.39. The maximum Gasteiger partial charge on any atom is 0.128 e. The smallest absolute Gasteiger partial charge is 0.128 e. The number of aliphatic hydroxyl groups is 1. The Labute approximate surface area is 106 Å². The van der Waals surface area contributed by atoms with Crippen LogP contribution in [0.25, 0.3) is 0 Å². The molecule has 18 heavy (non-hydrogen) atoms. The third-order valence-corrected chi connectivity index (χ3v) is 3.33. The van der Waals surface area contributed by atoms with Crippen LogP contribution in [0.2, 0.25) is 0 Å². The van der Waals surface area contributed by atoms with E-state index in [4.69, 9.17) is 15.6 Å². The summed E-state index contributed by atoms with van der Waals surface area (Å²) in [5.41, 5.74) is 7.68. The van der Waals surface area contributed by atoms with Crippen molar-refractivity contribution < 1.29 is 14.2 Å². The lowest BCUT2D eigenvalue weighted by Crippen LogP contribution is -2.49. The van der Waals surface area contributed by atoms with E-state index in [0.717, 1.165) is 5.69 Å². The van der Waals surface area contributed by atoms with Crippen LogP contribution in [0.5, 0.6) is 0 Å². The minimum absolute atomic E-state index is 0.0245. The zero-order valence-electron chi connectivity index (χ0n) is 10.7. The normalized spacial score (nSPS) is 24.3. The van der Waals surface area contributed by atoms with E-state index in [9.17, 15) is 4.39 Å². The molecule has 4 nitrogen and oxygen atoms in total. The summed E-state index contributed by atoms with van der Waals surface area (Å²) in [7, 11) is 0. The molecule has 2 atom stereocenters. The third-order valence-electron chi connectivity index (χ3n) is 3.33. The first kappa shape index (κ1) is 13.1. The molecule has 0 aromatic heterocycles. The van der Waals surface area contributed by atoms with Crippen LogP contribution < -0.4 is 10.6 Å². The first-order chi connectivity index (χ1) is 8.52. The van der Waals surface area contributed by atoms with Gasteiger partial charge in [0, 0.05) is 12.6 Å². The number of rotatable bonds is 2. The predicted octanol–water partition coefficient (Wildman–Crippen LogP) is 1.30. The van der Waals surface area contributed by atoms with E-state index in [1.807, 2.05) is 6.92 Å². The van der Waals surface area contributed by atoms with Crippen molar-refractivity contribution in [1.82, 2.24) is 0 Å². The van der Waals surface area contributed by atoms with Gasteiger partial charge in [-0.25, -0.2) is 4.39 Å². The van der Waals surface area contributed by atoms with Crippen LogP contribution in [0.4, 0.5) is 15.8 Å². The topological polar surface area (TPSA) is 58.7 Å². The van der Waals surface area contributed by atoms with Crippen LogP contribution in [0.1, 0.15) is 12.5 Å². The number of nitrogens with zero attached hydrogens (tertiary/aromatic N) is 1. The van der Waals surface area contributed by atoms with Gasteiger partial charge in [0.2, 0.25) is 0 Å². The molecule has 0 aliphatic carbocycles. The molecule has 2 rings (SSSR count). The molecular formula is C13H19FN2O2. The fraction of sp³-hybridized carbons (Fsp3) is 0.538. The van der Waals surface area contributed by atoms with E-state index in [2.05, 4.69) is 4.90 Å². The Hall–Kier alpha value is -1.33. The number of hydrogen-bond acceptors (Lipinski definition) is 4. The Kier molecular flexibility index (Phi) is 3.73. The van der Waals surface area contributed by atoms with Crippen LogP contribution in [-0.2, 0) is 4.74 Å². The molecule has 0 spiro atoms. The van der Waals surface area contributed by atoms with Crippen LogP contribution in [0.3, 0.4) is 0 Å². The minimum atomic E-state index is -0.295. The second-order valence-electron chi connectivity index (χ2n) is 4.80. The molecule has 1 heterocycles. The highest BCUT2D eigenvalue weighted by Gasteiger charge is 2.27. The Bertz CT molecular complexity index is 439. The number of benzene rings is 1. The molecule has 1 fully saturated rings. The van der Waals surface area contributed by atoms with E-state index in [0.29, 0.717) is 24.4 Å². The molecule has 1 aliphatic heterocycles. The Morgan fingerprint density at radius 1 is 1.56 bits per heavy atom. The number of ether oxygens (including phenoxy) is 1. The number of morpholine rings is 1. The van der Waals surface area contributed by atoms with Gasteiger partial charge >= 0.3 is 0 Å². The van der Waals surface area contributed by atoms with Gasteiger partial charge in [-0.2, -0.15) is 0 Å². The molecule has 1 aromatic carbocycles. The van der Waals surface area contributed by atoms with E-state index < -0.39 is 0 Å². The largest absolute Gasteiger partial charge is 0.397 e. The standard InChI is InChI=1S/C13H19FN2O2/c1-8-3-13(12(15)4-11(8)14)16-5-10(6-17)18-7-9(16)2/h3-4,9-10,17H,5-7,15H2,1-2H3. The summed E-state index contributed by atoms with van der Waals surface area (Å²) in [6, 6.07) is 3.25. The van der Waals surface area contributed by atoms with E-state index >= 15 is 0 Å². The molecule has 1 aliphatic rings. The highest BCUT2D eigenvalue weighted by Crippen LogP contribution is 2.30. The molecule has 2 unspecified atom stereocenters. The summed E-state index contributed by atoms with van der Waals surface area (Å²) in [6.07, 6.45) is -0.217. The van der Waals surface area contributed by atoms with Crippen molar-refractivity contribution in [2.75, 3.05) is 30.4 Å². The Morgan fingerprint density at radius 3 is 2.94 bits per heavy atom. The highest BCUT2D eigenvalue weighted by atomic mass is 19.1. The number of nitrogens with two attached hydrogens (primary N) is 1. The first-order valence-corrected chi connectivity index (χ1v) is 6.07. The average Bonchev–Trinajstić information content (AvgIpc) is 2.35. The van der Waals surface area contributed by atoms with Crippen molar-refractivity contribution in [1.29, 1.82) is 0 Å². The quantitative estimate of drug-likeness (QED) is 0.781. The average molecular weight is 254 g/mol. The number of aliphatic hydroxyl groups excluding tert-OH is 1. The number of halogens is 1. The molecule has 100 valence electrons. The summed E-state index contributed by atoms with van der Waals surface area (Å²) >= 11 is 0. The van der Waals surface area contributed by atoms with Gasteiger partial charge in [0.25, 0.3) is 0 Å². The molecular weight excluding hydrogens is 235 g/mol. The van der Waals surface area contributed by atoms with E-state index in [1.165, 1.54) is 6.07 Å². The lowest BCUT2D eigenvalue weighted by atomic mass is 10.1. The van der Waals surface area contributed by atoms with Crippen LogP contribution in [0.15, 0.2) is 12.1 Å². The van der Waals surface area contributed by atoms with Gasteiger partial charge in [-0.05, 0) is 31.5 Å². The van der Waals surface area contributed by atoms with Crippen molar-refractivity contribution in [2.24, 2.45) is 0 Å². The van der Waals surface area contributed by atoms with Gasteiger partial charge < -0.3 is 20.5 Å². The fourth-order valence-electron chi connectivity index (χ4n) is 2.19. The molecule has 0 radical (unpaired) electrons. The first-order valence-electron chi connectivity index (χ1n) is 6.07. The van der Waals surface area contributed by atoms with Crippen LogP contribution >= 0.6 is 0 Å². The van der Waals surface area contributed by atoms with E-state index in [1.54, 1.807) is 13.0 Å². The maximum absolute atomic E-state index is 13.4. The zero-order chi connectivity index (χ0) is 13.3. The Balaban J connectivity index is 2.31. The molecule has 5 heteroatoms. The number of anilines is 2. The van der Waals surface area contributed by atoms with Crippen molar-refractivity contribution >= 4 is 11.4 Å². The third kappa shape index (κ3) is 2.42. The summed E-state index contributed by atoms with van der Waals surface area (Å²) in [5.74, 6) is -0.295.